The largest absolute Gasteiger partial charge is 0.493 e. The van der Waals surface area contributed by atoms with Crippen LogP contribution in [0.4, 0.5) is 0 Å². The Kier molecular flexibility index (Phi) is 11.5. The van der Waals surface area contributed by atoms with Gasteiger partial charge in [0.25, 0.3) is 0 Å². The topological polar surface area (TPSA) is 105 Å². The molecule has 7 rings (SSSR count). The van der Waals surface area contributed by atoms with E-state index >= 15 is 0 Å². The number of fused-ring (bicyclic) bond motifs is 1. The molecule has 0 atom stereocenters. The zero-order valence-corrected chi connectivity index (χ0v) is 31.4. The smallest absolute Gasteiger partial charge is 0.210 e. The molecule has 0 saturated heterocycles. The van der Waals surface area contributed by atoms with Crippen LogP contribution in [0.25, 0.3) is 10.8 Å². The van der Waals surface area contributed by atoms with Gasteiger partial charge in [0.1, 0.15) is 46.0 Å². The maximum atomic E-state index is 13.7. The van der Waals surface area contributed by atoms with Crippen molar-refractivity contribution in [1.82, 2.24) is 0 Å². The molecule has 0 fully saturated rings. The van der Waals surface area contributed by atoms with E-state index in [1.54, 1.807) is 60.7 Å². The monoisotopic (exact) mass is 770 g/mol. The predicted octanol–water partition coefficient (Wildman–Crippen LogP) is 9.51. The van der Waals surface area contributed by atoms with Crippen LogP contribution in [0.2, 0.25) is 0 Å². The molecule has 0 aliphatic carbocycles. The van der Waals surface area contributed by atoms with Gasteiger partial charge in [-0.25, -0.2) is 16.8 Å². The van der Waals surface area contributed by atoms with Gasteiger partial charge >= 0.3 is 0 Å². The quantitative estimate of drug-likeness (QED) is 0.0896. The van der Waals surface area contributed by atoms with E-state index < -0.39 is 19.7 Å². The van der Waals surface area contributed by atoms with Crippen molar-refractivity contribution in [2.75, 3.05) is 13.2 Å². The van der Waals surface area contributed by atoms with Crippen LogP contribution in [0, 0.1) is 0 Å². The van der Waals surface area contributed by atoms with Crippen molar-refractivity contribution in [3.8, 4) is 23.0 Å². The molecular weight excluding hydrogens is 733 g/mol. The molecule has 0 spiro atoms. The Morgan fingerprint density at radius 3 is 1.51 bits per heavy atom. The maximum absolute atomic E-state index is 13.7. The van der Waals surface area contributed by atoms with Crippen LogP contribution >= 0.6 is 0 Å². The Balaban J connectivity index is 0.917. The zero-order chi connectivity index (χ0) is 38.1. The summed E-state index contributed by atoms with van der Waals surface area (Å²) in [7, 11) is -7.76. The molecule has 0 aliphatic rings. The summed E-state index contributed by atoms with van der Waals surface area (Å²) in [5, 5.41) is 2.20. The fourth-order valence-electron chi connectivity index (χ4n) is 5.93. The molecule has 0 N–H and O–H groups in total. The average Bonchev–Trinajstić information content (AvgIpc) is 3.23. The third-order valence-corrected chi connectivity index (χ3v) is 12.4. The highest BCUT2D eigenvalue weighted by molar-refractivity contribution is 7.92. The Morgan fingerprint density at radius 2 is 0.873 bits per heavy atom. The fraction of sp³-hybridized carbons (Fsp3) is 0.111. The van der Waals surface area contributed by atoms with Crippen molar-refractivity contribution in [2.45, 2.75) is 39.2 Å². The molecule has 55 heavy (non-hydrogen) atoms. The molecule has 278 valence electrons. The van der Waals surface area contributed by atoms with Gasteiger partial charge in [0.2, 0.25) is 19.7 Å². The minimum absolute atomic E-state index is 0.0614. The summed E-state index contributed by atoms with van der Waals surface area (Å²) < 4.78 is 78.1. The van der Waals surface area contributed by atoms with Gasteiger partial charge in [0.05, 0.1) is 23.0 Å². The van der Waals surface area contributed by atoms with Gasteiger partial charge in [0, 0.05) is 6.42 Å². The Bertz CT molecular complexity index is 2590. The second-order valence-electron chi connectivity index (χ2n) is 12.6. The molecule has 0 heterocycles. The van der Waals surface area contributed by atoms with Crippen molar-refractivity contribution < 1.29 is 35.8 Å². The third kappa shape index (κ3) is 9.00. The van der Waals surface area contributed by atoms with E-state index in [2.05, 4.69) is 0 Å². The lowest BCUT2D eigenvalue weighted by Gasteiger charge is -2.14. The van der Waals surface area contributed by atoms with Crippen molar-refractivity contribution in [1.29, 1.82) is 0 Å². The van der Waals surface area contributed by atoms with Gasteiger partial charge in [0.15, 0.2) is 0 Å². The van der Waals surface area contributed by atoms with Gasteiger partial charge in [-0.15, -0.1) is 0 Å². The van der Waals surface area contributed by atoms with E-state index in [9.17, 15) is 16.8 Å². The number of benzene rings is 7. The molecule has 0 amide bonds. The van der Waals surface area contributed by atoms with Crippen LogP contribution in [0.5, 0.6) is 23.0 Å². The summed E-state index contributed by atoms with van der Waals surface area (Å²) >= 11 is 0. The van der Waals surface area contributed by atoms with Crippen molar-refractivity contribution in [3.63, 3.8) is 0 Å². The third-order valence-electron chi connectivity index (χ3n) is 8.82. The number of hydrogen-bond acceptors (Lipinski definition) is 8. The normalized spacial score (nSPS) is 11.6. The first-order chi connectivity index (χ1) is 26.8. The predicted molar refractivity (Wildman–Crippen MR) is 211 cm³/mol. The van der Waals surface area contributed by atoms with Crippen LogP contribution in [0.1, 0.15) is 17.5 Å². The number of para-hydroxylation sites is 2. The summed E-state index contributed by atoms with van der Waals surface area (Å²) in [4.78, 5) is 0.374. The lowest BCUT2D eigenvalue weighted by atomic mass is 10.1. The molecule has 0 bridgehead atoms. The Hall–Kier alpha value is -6.10. The van der Waals surface area contributed by atoms with E-state index in [1.807, 2.05) is 72.8 Å². The van der Waals surface area contributed by atoms with Gasteiger partial charge in [-0.3, -0.25) is 0 Å². The summed E-state index contributed by atoms with van der Waals surface area (Å²) in [6.45, 7) is 1.05. The number of rotatable bonds is 16. The maximum Gasteiger partial charge on any atom is 0.210 e. The van der Waals surface area contributed by atoms with Gasteiger partial charge < -0.3 is 18.9 Å². The van der Waals surface area contributed by atoms with Crippen LogP contribution in [-0.2, 0) is 32.9 Å². The highest BCUT2D eigenvalue weighted by Gasteiger charge is 2.24. The molecule has 0 aromatic heterocycles. The second-order valence-corrected chi connectivity index (χ2v) is 16.5. The highest BCUT2D eigenvalue weighted by atomic mass is 32.2. The number of hydrogen-bond donors (Lipinski definition) is 0. The van der Waals surface area contributed by atoms with E-state index in [1.165, 1.54) is 36.4 Å². The molecule has 8 nitrogen and oxygen atoms in total. The molecular formula is C45H38O8S2. The lowest BCUT2D eigenvalue weighted by molar-refractivity contribution is 0.244. The molecule has 0 unspecified atom stereocenters. The average molecular weight is 771 g/mol. The summed E-state index contributed by atoms with van der Waals surface area (Å²) in [6.07, 6.45) is 0.448. The van der Waals surface area contributed by atoms with Crippen LogP contribution in [-0.4, -0.2) is 30.0 Å². The molecule has 7 aromatic carbocycles. The Labute approximate surface area is 321 Å². The lowest BCUT2D eigenvalue weighted by Crippen LogP contribution is -2.09. The van der Waals surface area contributed by atoms with Gasteiger partial charge in [-0.1, -0.05) is 91.0 Å². The zero-order valence-electron chi connectivity index (χ0n) is 29.8. The molecule has 0 radical (unpaired) electrons. The first-order valence-corrected chi connectivity index (χ1v) is 20.7. The standard InChI is InChI=1S/C45H38O8S2/c46-54(47,41-27-23-39(24-28-41)52-32-34-11-2-1-3-12-34)44-17-8-6-15-42(44)51-30-10-29-50-38-21-25-40(26-22-38)55(48,49)45-18-9-7-16-43(45)53-33-35-19-20-36-13-4-5-14-37(36)31-35/h1-9,11-28,31H,10,29-30,32-33H2. The highest BCUT2D eigenvalue weighted by Crippen LogP contribution is 2.32. The van der Waals surface area contributed by atoms with Gasteiger partial charge in [-0.2, -0.15) is 0 Å². The van der Waals surface area contributed by atoms with Crippen molar-refractivity contribution in [2.24, 2.45) is 0 Å². The van der Waals surface area contributed by atoms with Gasteiger partial charge in [-0.05, 0) is 101 Å². The van der Waals surface area contributed by atoms with E-state index in [0.717, 1.165) is 21.9 Å². The summed E-state index contributed by atoms with van der Waals surface area (Å²) in [5.41, 5.74) is 1.94. The molecule has 7 aromatic rings. The van der Waals surface area contributed by atoms with E-state index in [-0.39, 0.29) is 50.9 Å². The van der Waals surface area contributed by atoms with E-state index in [0.29, 0.717) is 24.5 Å². The van der Waals surface area contributed by atoms with Crippen molar-refractivity contribution in [3.05, 3.63) is 181 Å². The van der Waals surface area contributed by atoms with Crippen LogP contribution in [0.3, 0.4) is 0 Å². The molecule has 0 saturated carbocycles. The molecule has 10 heteroatoms. The fourth-order valence-corrected chi connectivity index (χ4v) is 8.72. The summed E-state index contributed by atoms with van der Waals surface area (Å²) in [5.74, 6) is 1.56. The van der Waals surface area contributed by atoms with E-state index in [4.69, 9.17) is 18.9 Å². The first kappa shape index (κ1) is 37.2. The number of ether oxygens (including phenoxy) is 4. The van der Waals surface area contributed by atoms with Crippen LogP contribution < -0.4 is 18.9 Å². The SMILES string of the molecule is O=S(=O)(c1ccc(OCc2ccccc2)cc1)c1ccccc1OCCCOc1ccc(S(=O)(=O)c2ccccc2OCc2ccc3ccccc3c2)cc1. The first-order valence-electron chi connectivity index (χ1n) is 17.7. The number of sulfone groups is 2. The minimum atomic E-state index is -3.89. The minimum Gasteiger partial charge on any atom is -0.493 e. The second kappa shape index (κ2) is 16.9. The van der Waals surface area contributed by atoms with Crippen LogP contribution in [0.15, 0.2) is 189 Å². The Morgan fingerprint density at radius 1 is 0.382 bits per heavy atom. The van der Waals surface area contributed by atoms with Crippen molar-refractivity contribution >= 4 is 30.4 Å². The summed E-state index contributed by atoms with van der Waals surface area (Å²) in [6, 6.07) is 49.4. The molecule has 0 aliphatic heterocycles.